The molecule has 0 aliphatic rings. The summed E-state index contributed by atoms with van der Waals surface area (Å²) in [6.07, 6.45) is 0. The number of benzene rings is 1. The minimum absolute atomic E-state index is 0.0113. The van der Waals surface area contributed by atoms with E-state index in [0.29, 0.717) is 27.3 Å². The first-order valence-electron chi connectivity index (χ1n) is 6.44. The Labute approximate surface area is 141 Å². The van der Waals surface area contributed by atoms with Gasteiger partial charge in [0.2, 0.25) is 11.1 Å². The summed E-state index contributed by atoms with van der Waals surface area (Å²) in [6, 6.07) is 4.58. The highest BCUT2D eigenvalue weighted by molar-refractivity contribution is 7.99. The molecule has 0 fully saturated rings. The Hall–Kier alpha value is -2.26. The second-order valence-electron chi connectivity index (χ2n) is 4.23. The molecule has 23 heavy (non-hydrogen) atoms. The summed E-state index contributed by atoms with van der Waals surface area (Å²) in [5, 5.41) is 12.1. The number of carbonyl (C=O) groups is 2. The largest absolute Gasteiger partial charge is 0.496 e. The molecule has 2 aromatic rings. The van der Waals surface area contributed by atoms with Gasteiger partial charge in [-0.25, -0.2) is 9.78 Å². The molecule has 0 aliphatic carbocycles. The van der Waals surface area contributed by atoms with E-state index in [2.05, 4.69) is 25.8 Å². The van der Waals surface area contributed by atoms with Gasteiger partial charge in [-0.1, -0.05) is 23.4 Å². The Morgan fingerprint density at radius 2 is 2.22 bits per heavy atom. The Morgan fingerprint density at radius 3 is 2.91 bits per heavy atom. The number of hydrogen-bond acceptors (Lipinski definition) is 6. The van der Waals surface area contributed by atoms with Crippen LogP contribution in [0.15, 0.2) is 23.4 Å². The molecule has 0 saturated heterocycles. The van der Waals surface area contributed by atoms with Crippen molar-refractivity contribution in [3.63, 3.8) is 0 Å². The zero-order valence-electron chi connectivity index (χ0n) is 12.3. The van der Waals surface area contributed by atoms with Gasteiger partial charge in [0.15, 0.2) is 5.82 Å². The van der Waals surface area contributed by atoms with Crippen LogP contribution < -0.4 is 15.4 Å². The average molecular weight is 356 g/mol. The van der Waals surface area contributed by atoms with E-state index in [9.17, 15) is 9.59 Å². The number of hydrogen-bond donors (Lipinski definition) is 3. The summed E-state index contributed by atoms with van der Waals surface area (Å²) in [5.74, 6) is 0.635. The molecule has 1 aromatic heterocycles. The molecule has 0 unspecified atom stereocenters. The molecule has 3 amide bonds. The number of urea groups is 1. The summed E-state index contributed by atoms with van der Waals surface area (Å²) in [4.78, 5) is 26.8. The van der Waals surface area contributed by atoms with Crippen LogP contribution in [-0.2, 0) is 4.79 Å². The third-order valence-corrected chi connectivity index (χ3v) is 3.78. The van der Waals surface area contributed by atoms with Crippen LogP contribution in [0, 0.1) is 0 Å². The standard InChI is InChI=1S/C13H14ClN5O3S/c1-15-12(21)16-10(20)6-23-13-17-11(18-19-13)8-5-7(14)3-4-9(8)22-2/h3-5H,6H2,1-2H3,(H,17,18,19)(H2,15,16,20,21). The number of halogens is 1. The van der Waals surface area contributed by atoms with Gasteiger partial charge in [-0.3, -0.25) is 15.2 Å². The van der Waals surface area contributed by atoms with E-state index in [4.69, 9.17) is 16.3 Å². The van der Waals surface area contributed by atoms with E-state index in [1.54, 1.807) is 25.3 Å². The van der Waals surface area contributed by atoms with Crippen molar-refractivity contribution in [2.45, 2.75) is 5.16 Å². The number of amides is 3. The SMILES string of the molecule is CNC(=O)NC(=O)CSc1n[nH]c(-c2cc(Cl)ccc2OC)n1. The third-order valence-electron chi connectivity index (χ3n) is 2.69. The van der Waals surface area contributed by atoms with E-state index in [1.807, 2.05) is 0 Å². The van der Waals surface area contributed by atoms with Gasteiger partial charge in [0.05, 0.1) is 18.4 Å². The van der Waals surface area contributed by atoms with Crippen LogP contribution in [0.25, 0.3) is 11.4 Å². The molecular formula is C13H14ClN5O3S. The van der Waals surface area contributed by atoms with E-state index >= 15 is 0 Å². The molecule has 0 radical (unpaired) electrons. The lowest BCUT2D eigenvalue weighted by molar-refractivity contribution is -0.117. The lowest BCUT2D eigenvalue weighted by Gasteiger charge is -2.05. The number of methoxy groups -OCH3 is 1. The Kier molecular flexibility index (Phi) is 5.83. The fraction of sp³-hybridized carbons (Fsp3) is 0.231. The number of aromatic amines is 1. The van der Waals surface area contributed by atoms with E-state index in [1.165, 1.54) is 7.05 Å². The number of imide groups is 1. The zero-order valence-corrected chi connectivity index (χ0v) is 13.9. The summed E-state index contributed by atoms with van der Waals surface area (Å²) in [6.45, 7) is 0. The number of rotatable bonds is 5. The van der Waals surface area contributed by atoms with Crippen LogP contribution in [0.2, 0.25) is 5.02 Å². The number of carbonyl (C=O) groups excluding carboxylic acids is 2. The van der Waals surface area contributed by atoms with Gasteiger partial charge >= 0.3 is 6.03 Å². The maximum Gasteiger partial charge on any atom is 0.321 e. The molecular weight excluding hydrogens is 342 g/mol. The van der Waals surface area contributed by atoms with Gasteiger partial charge in [0.1, 0.15) is 5.75 Å². The van der Waals surface area contributed by atoms with Crippen LogP contribution in [0.4, 0.5) is 4.79 Å². The molecule has 8 nitrogen and oxygen atoms in total. The molecule has 0 spiro atoms. The van der Waals surface area contributed by atoms with Crippen molar-refractivity contribution in [2.24, 2.45) is 0 Å². The Bertz CT molecular complexity index is 721. The number of nitrogens with one attached hydrogen (secondary N) is 3. The van der Waals surface area contributed by atoms with Gasteiger partial charge in [0, 0.05) is 12.1 Å². The van der Waals surface area contributed by atoms with E-state index < -0.39 is 11.9 Å². The first kappa shape index (κ1) is 17.1. The number of aromatic nitrogens is 3. The fourth-order valence-corrected chi connectivity index (χ4v) is 2.42. The number of thioether (sulfide) groups is 1. The smallest absolute Gasteiger partial charge is 0.321 e. The summed E-state index contributed by atoms with van der Waals surface area (Å²) in [5.41, 5.74) is 0.661. The minimum atomic E-state index is -0.560. The highest BCUT2D eigenvalue weighted by Crippen LogP contribution is 2.31. The van der Waals surface area contributed by atoms with Crippen LogP contribution in [0.1, 0.15) is 0 Å². The summed E-state index contributed by atoms with van der Waals surface area (Å²) >= 11 is 7.08. The normalized spacial score (nSPS) is 10.2. The van der Waals surface area contributed by atoms with Crippen molar-refractivity contribution in [2.75, 3.05) is 19.9 Å². The number of ether oxygens (including phenoxy) is 1. The van der Waals surface area contributed by atoms with Crippen molar-refractivity contribution < 1.29 is 14.3 Å². The molecule has 1 heterocycles. The fourth-order valence-electron chi connectivity index (χ4n) is 1.65. The van der Waals surface area contributed by atoms with Gasteiger partial charge in [0.25, 0.3) is 0 Å². The lowest BCUT2D eigenvalue weighted by Crippen LogP contribution is -2.38. The maximum atomic E-state index is 11.5. The average Bonchev–Trinajstić information content (AvgIpc) is 3.01. The van der Waals surface area contributed by atoms with Crippen molar-refractivity contribution in [1.82, 2.24) is 25.8 Å². The van der Waals surface area contributed by atoms with Crippen LogP contribution >= 0.6 is 23.4 Å². The highest BCUT2D eigenvalue weighted by atomic mass is 35.5. The van der Waals surface area contributed by atoms with Crippen LogP contribution in [0.5, 0.6) is 5.75 Å². The highest BCUT2D eigenvalue weighted by Gasteiger charge is 2.13. The molecule has 122 valence electrons. The molecule has 10 heteroatoms. The summed E-state index contributed by atoms with van der Waals surface area (Å²) < 4.78 is 5.26. The number of H-pyrrole nitrogens is 1. The molecule has 2 rings (SSSR count). The molecule has 0 bridgehead atoms. The molecule has 0 aliphatic heterocycles. The first-order chi connectivity index (χ1) is 11.0. The molecule has 0 atom stereocenters. The van der Waals surface area contributed by atoms with Crippen molar-refractivity contribution in [3.8, 4) is 17.1 Å². The number of nitrogens with zero attached hydrogens (tertiary/aromatic N) is 2. The van der Waals surface area contributed by atoms with Gasteiger partial charge in [-0.2, -0.15) is 0 Å². The van der Waals surface area contributed by atoms with Gasteiger partial charge in [-0.15, -0.1) is 5.10 Å². The van der Waals surface area contributed by atoms with Crippen molar-refractivity contribution in [1.29, 1.82) is 0 Å². The second kappa shape index (κ2) is 7.84. The van der Waals surface area contributed by atoms with Gasteiger partial charge in [-0.05, 0) is 18.2 Å². The molecule has 3 N–H and O–H groups in total. The monoisotopic (exact) mass is 355 g/mol. The van der Waals surface area contributed by atoms with Gasteiger partial charge < -0.3 is 10.1 Å². The zero-order chi connectivity index (χ0) is 16.8. The first-order valence-corrected chi connectivity index (χ1v) is 7.80. The molecule has 1 aromatic carbocycles. The van der Waals surface area contributed by atoms with Crippen LogP contribution in [0.3, 0.4) is 0 Å². The topological polar surface area (TPSA) is 109 Å². The van der Waals surface area contributed by atoms with E-state index in [-0.39, 0.29) is 5.75 Å². The Balaban J connectivity index is 2.05. The quantitative estimate of drug-likeness (QED) is 0.704. The van der Waals surface area contributed by atoms with Crippen LogP contribution in [-0.4, -0.2) is 47.0 Å². The predicted molar refractivity (Wildman–Crippen MR) is 86.7 cm³/mol. The minimum Gasteiger partial charge on any atom is -0.496 e. The molecule has 0 saturated carbocycles. The maximum absolute atomic E-state index is 11.5. The van der Waals surface area contributed by atoms with Crippen molar-refractivity contribution >= 4 is 35.3 Å². The summed E-state index contributed by atoms with van der Waals surface area (Å²) in [7, 11) is 2.97. The third kappa shape index (κ3) is 4.60. The predicted octanol–water partition coefficient (Wildman–Crippen LogP) is 1.68. The lowest BCUT2D eigenvalue weighted by atomic mass is 10.2. The second-order valence-corrected chi connectivity index (χ2v) is 5.61. The van der Waals surface area contributed by atoms with Crippen molar-refractivity contribution in [3.05, 3.63) is 23.2 Å². The Morgan fingerprint density at radius 1 is 1.43 bits per heavy atom. The van der Waals surface area contributed by atoms with E-state index in [0.717, 1.165) is 11.8 Å².